The topological polar surface area (TPSA) is 78.9 Å². The monoisotopic (exact) mass is 1070 g/mol. The molecule has 0 bridgehead atoms. The van der Waals surface area contributed by atoms with Crippen LogP contribution >= 0.6 is 0 Å². The highest BCUT2D eigenvalue weighted by atomic mass is 16.5. The zero-order chi connectivity index (χ0) is 55.4. The van der Waals surface area contributed by atoms with Crippen LogP contribution in [0.2, 0.25) is 0 Å². The molecule has 0 unspecified atom stereocenters. The lowest BCUT2D eigenvalue weighted by atomic mass is 9.92. The van der Waals surface area contributed by atoms with E-state index in [1.807, 2.05) is 18.2 Å². The van der Waals surface area contributed by atoms with E-state index in [0.717, 1.165) is 90.8 Å². The van der Waals surface area contributed by atoms with Crippen LogP contribution in [0.15, 0.2) is 36.4 Å². The summed E-state index contributed by atoms with van der Waals surface area (Å²) in [4.78, 5) is 38.3. The summed E-state index contributed by atoms with van der Waals surface area (Å²) in [5.74, 6) is 1.87. The number of fused-ring (bicyclic) bond motifs is 3. The van der Waals surface area contributed by atoms with Crippen molar-refractivity contribution in [3.05, 3.63) is 86.5 Å². The number of hydrogen-bond donors (Lipinski definition) is 0. The fourth-order valence-electron chi connectivity index (χ4n) is 11.7. The maximum Gasteiger partial charge on any atom is 0.153 e. The maximum atomic E-state index is 12.8. The Kier molecular flexibility index (Phi) is 38.2. The summed E-state index contributed by atoms with van der Waals surface area (Å²) in [6.45, 7) is 8.56. The van der Waals surface area contributed by atoms with Gasteiger partial charge in [0.2, 0.25) is 0 Å². The molecule has 0 aliphatic heterocycles. The summed E-state index contributed by atoms with van der Waals surface area (Å²) >= 11 is 0. The number of carbonyl (C=O) groups excluding carboxylic acids is 3. The van der Waals surface area contributed by atoms with Gasteiger partial charge in [0.25, 0.3) is 0 Å². The molecule has 0 heterocycles. The minimum atomic E-state index is 0.555. The summed E-state index contributed by atoms with van der Waals surface area (Å²) in [5.41, 5.74) is 8.00. The summed E-state index contributed by atoms with van der Waals surface area (Å²) in [6.07, 6.45) is 59.2. The molecule has 4 rings (SSSR count). The van der Waals surface area contributed by atoms with Crippen LogP contribution in [0.4, 0.5) is 0 Å². The van der Waals surface area contributed by atoms with Gasteiger partial charge in [0.1, 0.15) is 17.2 Å². The molecule has 0 fully saturated rings. The first-order valence-electron chi connectivity index (χ1n) is 33.3. The second kappa shape index (κ2) is 44.8. The molecular weight excluding hydrogens is 961 g/mol. The third-order valence-electron chi connectivity index (χ3n) is 16.8. The highest BCUT2D eigenvalue weighted by Crippen LogP contribution is 2.36. The number of aldehydes is 3. The number of carbonyl (C=O) groups is 3. The molecule has 3 aromatic carbocycles. The first kappa shape index (κ1) is 66.6. The van der Waals surface area contributed by atoms with E-state index in [9.17, 15) is 14.4 Å². The average molecular weight is 1080 g/mol. The average Bonchev–Trinajstić information content (AvgIpc) is 3.61. The zero-order valence-electron chi connectivity index (χ0n) is 50.6. The van der Waals surface area contributed by atoms with Crippen LogP contribution in [0, 0.1) is 0 Å². The minimum Gasteiger partial charge on any atom is -0.493 e. The molecule has 0 atom stereocenters. The summed E-state index contributed by atoms with van der Waals surface area (Å²) in [5, 5.41) is 0. The van der Waals surface area contributed by atoms with Gasteiger partial charge < -0.3 is 14.2 Å². The van der Waals surface area contributed by atoms with E-state index in [2.05, 4.69) is 39.0 Å². The molecule has 0 saturated carbocycles. The van der Waals surface area contributed by atoms with E-state index < -0.39 is 0 Å². The first-order chi connectivity index (χ1) is 38.5. The number of hydrogen-bond acceptors (Lipinski definition) is 6. The lowest BCUT2D eigenvalue weighted by Gasteiger charge is -2.17. The molecule has 438 valence electrons. The van der Waals surface area contributed by atoms with E-state index in [4.69, 9.17) is 14.2 Å². The van der Waals surface area contributed by atoms with Crippen molar-refractivity contribution in [2.24, 2.45) is 0 Å². The molecule has 78 heavy (non-hydrogen) atoms. The van der Waals surface area contributed by atoms with Crippen LogP contribution in [0.3, 0.4) is 0 Å². The van der Waals surface area contributed by atoms with Crippen LogP contribution < -0.4 is 14.2 Å². The Morgan fingerprint density at radius 3 is 0.603 bits per heavy atom. The van der Waals surface area contributed by atoms with Gasteiger partial charge in [0.15, 0.2) is 18.9 Å². The van der Waals surface area contributed by atoms with Gasteiger partial charge in [-0.3, -0.25) is 14.4 Å². The molecule has 0 radical (unpaired) electrons. The van der Waals surface area contributed by atoms with Gasteiger partial charge in [0, 0.05) is 0 Å². The molecule has 0 saturated heterocycles. The second-order valence-electron chi connectivity index (χ2n) is 23.7. The number of benzene rings is 3. The fourth-order valence-corrected chi connectivity index (χ4v) is 11.7. The van der Waals surface area contributed by atoms with E-state index >= 15 is 0 Å². The molecule has 6 nitrogen and oxygen atoms in total. The van der Waals surface area contributed by atoms with E-state index in [0.29, 0.717) is 73.0 Å². The van der Waals surface area contributed by atoms with Crippen LogP contribution in [-0.4, -0.2) is 38.7 Å². The number of unbranched alkanes of at least 4 members (excludes halogenated alkanes) is 39. The Morgan fingerprint density at radius 1 is 0.256 bits per heavy atom. The molecule has 1 aliphatic rings. The van der Waals surface area contributed by atoms with Gasteiger partial charge >= 0.3 is 0 Å². The third kappa shape index (κ3) is 28.5. The van der Waals surface area contributed by atoms with Gasteiger partial charge in [-0.15, -0.1) is 0 Å². The van der Waals surface area contributed by atoms with Crippen molar-refractivity contribution in [3.63, 3.8) is 0 Å². The highest BCUT2D eigenvalue weighted by molar-refractivity contribution is 5.82. The SMILES string of the molecule is CCCCCCCCCCCCCCCCOc1cc2c(cc1C=O)Cc1cc(OCCCCCCCCCCCCCCCC)c(C=O)cc1Cc1cc(OCCCCCCCCCCCCCCCC)c(C=O)cc1C2. The molecule has 0 spiro atoms. The predicted octanol–water partition coefficient (Wildman–Crippen LogP) is 21.8. The molecule has 0 aromatic heterocycles. The maximum absolute atomic E-state index is 12.8. The van der Waals surface area contributed by atoms with Crippen LogP contribution in [0.5, 0.6) is 17.2 Å². The highest BCUT2D eigenvalue weighted by Gasteiger charge is 2.22. The van der Waals surface area contributed by atoms with Gasteiger partial charge in [0.05, 0.1) is 36.5 Å². The summed E-state index contributed by atoms with van der Waals surface area (Å²) in [7, 11) is 0. The van der Waals surface area contributed by atoms with Crippen molar-refractivity contribution in [3.8, 4) is 17.2 Å². The van der Waals surface area contributed by atoms with Crippen molar-refractivity contribution in [1.82, 2.24) is 0 Å². The molecule has 1 aliphatic carbocycles. The zero-order valence-corrected chi connectivity index (χ0v) is 50.6. The Balaban J connectivity index is 1.39. The largest absolute Gasteiger partial charge is 0.493 e. The third-order valence-corrected chi connectivity index (χ3v) is 16.8. The molecule has 0 amide bonds. The van der Waals surface area contributed by atoms with E-state index in [1.165, 1.54) is 231 Å². The van der Waals surface area contributed by atoms with E-state index in [1.54, 1.807) is 0 Å². The Hall–Kier alpha value is -3.93. The van der Waals surface area contributed by atoms with Gasteiger partial charge in [-0.25, -0.2) is 0 Å². The van der Waals surface area contributed by atoms with Crippen molar-refractivity contribution in [2.75, 3.05) is 19.8 Å². The fraction of sp³-hybridized carbons (Fsp3) is 0.708. The standard InChI is InChI=1S/C72H114O6/c1-4-7-10-13-16-19-22-25-28-31-34-37-40-43-46-76-70-55-64-49-62-53-68(59-74)72(78-48-45-42-39-36-33-30-27-24-21-18-15-12-9-6-3)57-66(62)51-63-54-69(60-75)71(56-65(63)50-61(64)52-67(70)58-73)77-47-44-41-38-35-32-29-26-23-20-17-14-11-8-5-2/h52-60H,4-51H2,1-3H3. The normalized spacial score (nSPS) is 12.0. The second-order valence-corrected chi connectivity index (χ2v) is 23.7. The van der Waals surface area contributed by atoms with Crippen LogP contribution in [0.25, 0.3) is 0 Å². The predicted molar refractivity (Wildman–Crippen MR) is 331 cm³/mol. The number of ether oxygens (including phenoxy) is 3. The smallest absolute Gasteiger partial charge is 0.153 e. The minimum absolute atomic E-state index is 0.555. The van der Waals surface area contributed by atoms with Crippen molar-refractivity contribution < 1.29 is 28.6 Å². The Morgan fingerprint density at radius 2 is 0.423 bits per heavy atom. The Labute approximate surface area is 478 Å². The first-order valence-corrected chi connectivity index (χ1v) is 33.3. The van der Waals surface area contributed by atoms with Crippen molar-refractivity contribution >= 4 is 18.9 Å². The lowest BCUT2D eigenvalue weighted by molar-refractivity contribution is 0.111. The van der Waals surface area contributed by atoms with Gasteiger partial charge in [-0.1, -0.05) is 271 Å². The van der Waals surface area contributed by atoms with Crippen molar-refractivity contribution in [2.45, 2.75) is 310 Å². The molecule has 6 heteroatoms. The molecule has 3 aromatic rings. The quantitative estimate of drug-likeness (QED) is 0.0324. The van der Waals surface area contributed by atoms with E-state index in [-0.39, 0.29) is 0 Å². The number of rotatable bonds is 51. The summed E-state index contributed by atoms with van der Waals surface area (Å²) < 4.78 is 19.3. The van der Waals surface area contributed by atoms with Crippen molar-refractivity contribution in [1.29, 1.82) is 0 Å². The van der Waals surface area contributed by atoms with Gasteiger partial charge in [-0.2, -0.15) is 0 Å². The van der Waals surface area contributed by atoms with Crippen LogP contribution in [-0.2, 0) is 19.3 Å². The molecule has 0 N–H and O–H groups in total. The summed E-state index contributed by atoms with van der Waals surface area (Å²) in [6, 6.07) is 12.3. The van der Waals surface area contributed by atoms with Gasteiger partial charge in [-0.05, 0) is 108 Å². The molecular formula is C72H114O6. The Bertz CT molecular complexity index is 1790. The van der Waals surface area contributed by atoms with Crippen LogP contribution in [0.1, 0.15) is 355 Å². The lowest BCUT2D eigenvalue weighted by Crippen LogP contribution is -2.06.